The molecule has 0 unspecified atom stereocenters. The molecule has 0 bridgehead atoms. The van der Waals surface area contributed by atoms with Gasteiger partial charge in [0.1, 0.15) is 5.82 Å². The summed E-state index contributed by atoms with van der Waals surface area (Å²) in [5, 5.41) is 5.65. The highest BCUT2D eigenvalue weighted by molar-refractivity contribution is 5.91. The zero-order valence-corrected chi connectivity index (χ0v) is 11.2. The number of nitrogens with one attached hydrogen (secondary N) is 1. The molecule has 2 heterocycles. The van der Waals surface area contributed by atoms with Crippen LogP contribution in [0, 0.1) is 0 Å². The third kappa shape index (κ3) is 2.54. The van der Waals surface area contributed by atoms with E-state index >= 15 is 0 Å². The Balaban J connectivity index is 1.79. The number of aromatic nitrogens is 2. The van der Waals surface area contributed by atoms with Gasteiger partial charge in [0.15, 0.2) is 0 Å². The first-order chi connectivity index (χ1) is 9.86. The van der Waals surface area contributed by atoms with Crippen molar-refractivity contribution in [2.75, 3.05) is 12.4 Å². The molecule has 0 radical (unpaired) electrons. The normalized spacial score (nSPS) is 10.4. The maximum absolute atomic E-state index is 5.05. The number of hydrogen-bond donors (Lipinski definition) is 1. The Morgan fingerprint density at radius 1 is 1.05 bits per heavy atom. The summed E-state index contributed by atoms with van der Waals surface area (Å²) in [7, 11) is 1.61. The molecule has 0 atom stereocenters. The molecule has 20 heavy (non-hydrogen) atoms. The van der Waals surface area contributed by atoms with Crippen LogP contribution in [-0.4, -0.2) is 17.1 Å². The van der Waals surface area contributed by atoms with Gasteiger partial charge >= 0.3 is 0 Å². The van der Waals surface area contributed by atoms with E-state index in [-0.39, 0.29) is 0 Å². The minimum Gasteiger partial charge on any atom is -0.481 e. The van der Waals surface area contributed by atoms with Gasteiger partial charge in [-0.15, -0.1) is 0 Å². The SMILES string of the molecule is COc1ccc(CNc2nccc3ccccc23)cn1. The van der Waals surface area contributed by atoms with Crippen molar-refractivity contribution in [2.45, 2.75) is 6.54 Å². The van der Waals surface area contributed by atoms with Gasteiger partial charge in [0.25, 0.3) is 0 Å². The number of ether oxygens (including phenoxy) is 1. The second-order valence-electron chi connectivity index (χ2n) is 4.44. The van der Waals surface area contributed by atoms with Gasteiger partial charge in [-0.25, -0.2) is 9.97 Å². The lowest BCUT2D eigenvalue weighted by molar-refractivity contribution is 0.397. The van der Waals surface area contributed by atoms with E-state index < -0.39 is 0 Å². The van der Waals surface area contributed by atoms with Crippen molar-refractivity contribution in [1.29, 1.82) is 0 Å². The van der Waals surface area contributed by atoms with Gasteiger partial charge in [0.2, 0.25) is 5.88 Å². The van der Waals surface area contributed by atoms with Crippen molar-refractivity contribution in [3.05, 3.63) is 60.4 Å². The fourth-order valence-electron chi connectivity index (χ4n) is 2.08. The Morgan fingerprint density at radius 2 is 1.95 bits per heavy atom. The average molecular weight is 265 g/mol. The first kappa shape index (κ1) is 12.4. The van der Waals surface area contributed by atoms with Crippen molar-refractivity contribution in [2.24, 2.45) is 0 Å². The zero-order valence-electron chi connectivity index (χ0n) is 11.2. The predicted molar refractivity (Wildman–Crippen MR) is 79.9 cm³/mol. The number of benzene rings is 1. The third-order valence-electron chi connectivity index (χ3n) is 3.14. The van der Waals surface area contributed by atoms with Crippen LogP contribution in [0.3, 0.4) is 0 Å². The quantitative estimate of drug-likeness (QED) is 0.786. The van der Waals surface area contributed by atoms with Gasteiger partial charge in [-0.3, -0.25) is 0 Å². The van der Waals surface area contributed by atoms with Crippen molar-refractivity contribution in [3.63, 3.8) is 0 Å². The molecule has 0 saturated heterocycles. The molecular weight excluding hydrogens is 250 g/mol. The Hall–Kier alpha value is -2.62. The molecule has 3 rings (SSSR count). The van der Waals surface area contributed by atoms with Crippen molar-refractivity contribution in [1.82, 2.24) is 9.97 Å². The van der Waals surface area contributed by atoms with Crippen LogP contribution in [0.25, 0.3) is 10.8 Å². The van der Waals surface area contributed by atoms with Gasteiger partial charge in [0, 0.05) is 30.4 Å². The summed E-state index contributed by atoms with van der Waals surface area (Å²) in [6.45, 7) is 0.679. The largest absolute Gasteiger partial charge is 0.481 e. The topological polar surface area (TPSA) is 47.0 Å². The smallest absolute Gasteiger partial charge is 0.212 e. The summed E-state index contributed by atoms with van der Waals surface area (Å²) in [4.78, 5) is 8.59. The Labute approximate surface area is 117 Å². The van der Waals surface area contributed by atoms with E-state index in [9.17, 15) is 0 Å². The van der Waals surface area contributed by atoms with Crippen LogP contribution in [0.1, 0.15) is 5.56 Å². The van der Waals surface area contributed by atoms with Crippen LogP contribution < -0.4 is 10.1 Å². The summed E-state index contributed by atoms with van der Waals surface area (Å²) < 4.78 is 5.05. The molecule has 0 aliphatic carbocycles. The second-order valence-corrected chi connectivity index (χ2v) is 4.44. The average Bonchev–Trinajstić information content (AvgIpc) is 2.53. The van der Waals surface area contributed by atoms with E-state index in [1.165, 1.54) is 5.39 Å². The molecule has 0 fully saturated rings. The van der Waals surface area contributed by atoms with Crippen LogP contribution in [0.15, 0.2) is 54.9 Å². The molecule has 100 valence electrons. The van der Waals surface area contributed by atoms with Gasteiger partial charge < -0.3 is 10.1 Å². The van der Waals surface area contributed by atoms with E-state index in [1.54, 1.807) is 13.3 Å². The molecule has 3 aromatic rings. The molecular formula is C16H15N3O. The fourth-order valence-corrected chi connectivity index (χ4v) is 2.08. The minimum atomic E-state index is 0.622. The lowest BCUT2D eigenvalue weighted by Crippen LogP contribution is -2.02. The van der Waals surface area contributed by atoms with E-state index in [4.69, 9.17) is 4.74 Å². The summed E-state index contributed by atoms with van der Waals surface area (Å²) in [5.41, 5.74) is 1.08. The van der Waals surface area contributed by atoms with Gasteiger partial charge in [0.05, 0.1) is 7.11 Å². The maximum Gasteiger partial charge on any atom is 0.212 e. The Bertz CT molecular complexity index is 705. The van der Waals surface area contributed by atoms with E-state index in [0.29, 0.717) is 12.4 Å². The third-order valence-corrected chi connectivity index (χ3v) is 3.14. The number of anilines is 1. The molecule has 0 aliphatic rings. The number of hydrogen-bond acceptors (Lipinski definition) is 4. The Morgan fingerprint density at radius 3 is 2.75 bits per heavy atom. The molecule has 0 aliphatic heterocycles. The fraction of sp³-hybridized carbons (Fsp3) is 0.125. The summed E-state index contributed by atoms with van der Waals surface area (Å²) in [6, 6.07) is 14.0. The monoisotopic (exact) mass is 265 g/mol. The summed E-state index contributed by atoms with van der Waals surface area (Å²) in [6.07, 6.45) is 3.62. The number of rotatable bonds is 4. The molecule has 0 amide bonds. The second kappa shape index (κ2) is 5.57. The standard InChI is InChI=1S/C16H15N3O/c1-20-15-7-6-12(10-18-15)11-19-16-14-5-3-2-4-13(14)8-9-17-16/h2-10H,11H2,1H3,(H,17,19). The van der Waals surface area contributed by atoms with Gasteiger partial charge in [-0.2, -0.15) is 0 Å². The maximum atomic E-state index is 5.05. The predicted octanol–water partition coefficient (Wildman–Crippen LogP) is 3.25. The number of pyridine rings is 2. The minimum absolute atomic E-state index is 0.622. The van der Waals surface area contributed by atoms with Crippen LogP contribution in [0.4, 0.5) is 5.82 Å². The lowest BCUT2D eigenvalue weighted by atomic mass is 10.1. The van der Waals surface area contributed by atoms with Gasteiger partial charge in [-0.1, -0.05) is 30.3 Å². The summed E-state index contributed by atoms with van der Waals surface area (Å²) in [5.74, 6) is 1.51. The molecule has 1 N–H and O–H groups in total. The molecule has 4 heteroatoms. The zero-order chi connectivity index (χ0) is 13.8. The van der Waals surface area contributed by atoms with Crippen molar-refractivity contribution in [3.8, 4) is 5.88 Å². The van der Waals surface area contributed by atoms with Crippen LogP contribution >= 0.6 is 0 Å². The van der Waals surface area contributed by atoms with E-state index in [1.807, 2.05) is 36.5 Å². The highest BCUT2D eigenvalue weighted by Crippen LogP contribution is 2.20. The van der Waals surface area contributed by atoms with E-state index in [2.05, 4.69) is 27.4 Å². The molecule has 0 spiro atoms. The van der Waals surface area contributed by atoms with Gasteiger partial charge in [-0.05, 0) is 17.0 Å². The van der Waals surface area contributed by atoms with E-state index in [0.717, 1.165) is 16.8 Å². The van der Waals surface area contributed by atoms with Crippen molar-refractivity contribution < 1.29 is 4.74 Å². The first-order valence-electron chi connectivity index (χ1n) is 6.43. The molecule has 1 aromatic carbocycles. The van der Waals surface area contributed by atoms with Crippen molar-refractivity contribution >= 4 is 16.6 Å². The highest BCUT2D eigenvalue weighted by Gasteiger charge is 2.02. The molecule has 2 aromatic heterocycles. The first-order valence-corrected chi connectivity index (χ1v) is 6.43. The number of nitrogens with zero attached hydrogens (tertiary/aromatic N) is 2. The van der Waals surface area contributed by atoms with Crippen LogP contribution in [0.5, 0.6) is 5.88 Å². The van der Waals surface area contributed by atoms with Crippen LogP contribution in [0.2, 0.25) is 0 Å². The molecule has 4 nitrogen and oxygen atoms in total. The summed E-state index contributed by atoms with van der Waals surface area (Å²) >= 11 is 0. The Kier molecular flexibility index (Phi) is 3.46. The van der Waals surface area contributed by atoms with Crippen LogP contribution in [-0.2, 0) is 6.54 Å². The number of methoxy groups -OCH3 is 1. The molecule has 0 saturated carbocycles. The highest BCUT2D eigenvalue weighted by atomic mass is 16.5. The lowest BCUT2D eigenvalue weighted by Gasteiger charge is -2.08. The number of fused-ring (bicyclic) bond motifs is 1.